The summed E-state index contributed by atoms with van der Waals surface area (Å²) in [7, 11) is 0. The molecule has 0 fully saturated rings. The maximum absolute atomic E-state index is 2.30. The van der Waals surface area contributed by atoms with Gasteiger partial charge in [0.1, 0.15) is 0 Å². The van der Waals surface area contributed by atoms with Crippen LogP contribution in [0.5, 0.6) is 0 Å². The van der Waals surface area contributed by atoms with Crippen molar-refractivity contribution in [3.63, 3.8) is 0 Å². The van der Waals surface area contributed by atoms with E-state index >= 15 is 0 Å². The van der Waals surface area contributed by atoms with Crippen LogP contribution in [0.15, 0.2) is 12.2 Å². The highest BCUT2D eigenvalue weighted by atomic mass is 14.1. The van der Waals surface area contributed by atoms with Gasteiger partial charge < -0.3 is 0 Å². The Morgan fingerprint density at radius 1 is 1.18 bits per heavy atom. The molecule has 68 valence electrons. The maximum Gasteiger partial charge on any atom is -0.0213 e. The van der Waals surface area contributed by atoms with Gasteiger partial charge in [-0.3, -0.25) is 0 Å². The predicted molar refractivity (Wildman–Crippen MR) is 54.8 cm³/mol. The van der Waals surface area contributed by atoms with Crippen LogP contribution in [0.2, 0.25) is 0 Å². The number of hydrogen-bond donors (Lipinski definition) is 0. The Hall–Kier alpha value is -0.260. The molecular formula is C11H24. The molecule has 0 aliphatic heterocycles. The molecule has 0 spiro atoms. The molecule has 0 saturated carbocycles. The van der Waals surface area contributed by atoms with E-state index in [0.29, 0.717) is 0 Å². The Kier molecular flexibility index (Phi) is 11.8. The van der Waals surface area contributed by atoms with Gasteiger partial charge in [-0.1, -0.05) is 46.8 Å². The van der Waals surface area contributed by atoms with Crippen LogP contribution in [0.3, 0.4) is 0 Å². The van der Waals surface area contributed by atoms with Crippen LogP contribution in [0, 0.1) is 11.8 Å². The Balaban J connectivity index is 0. The molecule has 0 aliphatic rings. The molecule has 0 N–H and O–H groups in total. The molecule has 0 amide bonds. The van der Waals surface area contributed by atoms with Crippen molar-refractivity contribution in [3.05, 3.63) is 12.2 Å². The summed E-state index contributed by atoms with van der Waals surface area (Å²) >= 11 is 0. The molecule has 0 radical (unpaired) electrons. The van der Waals surface area contributed by atoms with E-state index in [1.54, 1.807) is 0 Å². The third kappa shape index (κ3) is 7.64. The Labute approximate surface area is 72.7 Å². The maximum atomic E-state index is 2.30. The van der Waals surface area contributed by atoms with E-state index in [1.165, 1.54) is 6.42 Å². The topological polar surface area (TPSA) is 0 Å². The highest BCUT2D eigenvalue weighted by Gasteiger charge is 2.04. The van der Waals surface area contributed by atoms with Gasteiger partial charge in [-0.15, -0.1) is 0 Å². The molecule has 1 unspecified atom stereocenters. The van der Waals surface area contributed by atoms with Crippen molar-refractivity contribution in [3.8, 4) is 0 Å². The molecule has 0 nitrogen and oxygen atoms in total. The van der Waals surface area contributed by atoms with Crippen LogP contribution >= 0.6 is 0 Å². The van der Waals surface area contributed by atoms with Crippen molar-refractivity contribution in [2.24, 2.45) is 11.8 Å². The number of allylic oxidation sites excluding steroid dienone is 2. The SMILES string of the molecule is C/C=C\C(CC)C(C)C.CC. The molecule has 0 bridgehead atoms. The lowest BCUT2D eigenvalue weighted by Gasteiger charge is -2.13. The van der Waals surface area contributed by atoms with Gasteiger partial charge in [0.15, 0.2) is 0 Å². The van der Waals surface area contributed by atoms with Crippen molar-refractivity contribution in [2.75, 3.05) is 0 Å². The minimum Gasteiger partial charge on any atom is -0.0914 e. The second-order valence-corrected chi connectivity index (χ2v) is 2.84. The highest BCUT2D eigenvalue weighted by molar-refractivity contribution is 4.86. The average Bonchev–Trinajstić information content (AvgIpc) is 2.03. The van der Waals surface area contributed by atoms with Crippen LogP contribution in [0.4, 0.5) is 0 Å². The molecule has 1 atom stereocenters. The first kappa shape index (κ1) is 13.3. The van der Waals surface area contributed by atoms with Gasteiger partial charge in [0, 0.05) is 0 Å². The van der Waals surface area contributed by atoms with Crippen molar-refractivity contribution in [1.29, 1.82) is 0 Å². The van der Waals surface area contributed by atoms with Crippen LogP contribution in [-0.4, -0.2) is 0 Å². The molecule has 0 aromatic carbocycles. The zero-order chi connectivity index (χ0) is 9.28. The first-order valence-corrected chi connectivity index (χ1v) is 4.85. The number of hydrogen-bond acceptors (Lipinski definition) is 0. The third-order valence-corrected chi connectivity index (χ3v) is 1.77. The summed E-state index contributed by atoms with van der Waals surface area (Å²) in [5.74, 6) is 1.58. The lowest BCUT2D eigenvalue weighted by atomic mass is 9.93. The van der Waals surface area contributed by atoms with E-state index in [2.05, 4.69) is 39.8 Å². The van der Waals surface area contributed by atoms with E-state index in [4.69, 9.17) is 0 Å². The molecule has 0 aliphatic carbocycles. The lowest BCUT2D eigenvalue weighted by Crippen LogP contribution is -2.02. The molecule has 11 heavy (non-hydrogen) atoms. The van der Waals surface area contributed by atoms with Gasteiger partial charge in [0.05, 0.1) is 0 Å². The van der Waals surface area contributed by atoms with Gasteiger partial charge in [-0.25, -0.2) is 0 Å². The summed E-state index contributed by atoms with van der Waals surface area (Å²) in [6.45, 7) is 12.9. The minimum absolute atomic E-state index is 0.787. The van der Waals surface area contributed by atoms with Gasteiger partial charge in [0.25, 0.3) is 0 Å². The smallest absolute Gasteiger partial charge is 0.0213 e. The second kappa shape index (κ2) is 9.74. The molecule has 0 heteroatoms. The fraction of sp³-hybridized carbons (Fsp3) is 0.818. The monoisotopic (exact) mass is 156 g/mol. The summed E-state index contributed by atoms with van der Waals surface area (Å²) in [6.07, 6.45) is 5.71. The van der Waals surface area contributed by atoms with Crippen molar-refractivity contribution in [2.45, 2.75) is 48.0 Å². The second-order valence-electron chi connectivity index (χ2n) is 2.84. The van der Waals surface area contributed by atoms with E-state index < -0.39 is 0 Å². The average molecular weight is 156 g/mol. The lowest BCUT2D eigenvalue weighted by molar-refractivity contribution is 0.453. The predicted octanol–water partition coefficient (Wildman–Crippen LogP) is 4.27. The standard InChI is InChI=1S/C9H18.C2H6/c1-5-7-9(6-2)8(3)4;1-2/h5,7-9H,6H2,1-4H3;1-2H3/b7-5-;. The molecule has 0 aromatic rings. The fourth-order valence-corrected chi connectivity index (χ4v) is 1.08. The first-order valence-electron chi connectivity index (χ1n) is 4.85. The van der Waals surface area contributed by atoms with Crippen LogP contribution in [0.1, 0.15) is 48.0 Å². The first-order chi connectivity index (χ1) is 5.22. The minimum atomic E-state index is 0.787. The van der Waals surface area contributed by atoms with E-state index in [9.17, 15) is 0 Å². The molecule has 0 rings (SSSR count). The third-order valence-electron chi connectivity index (χ3n) is 1.77. The van der Waals surface area contributed by atoms with Crippen molar-refractivity contribution < 1.29 is 0 Å². The van der Waals surface area contributed by atoms with Gasteiger partial charge in [-0.2, -0.15) is 0 Å². The highest BCUT2D eigenvalue weighted by Crippen LogP contribution is 2.15. The zero-order valence-electron chi connectivity index (χ0n) is 9.02. The van der Waals surface area contributed by atoms with Crippen LogP contribution in [0.25, 0.3) is 0 Å². The van der Waals surface area contributed by atoms with E-state index in [0.717, 1.165) is 11.8 Å². The largest absolute Gasteiger partial charge is 0.0914 e. The van der Waals surface area contributed by atoms with Crippen LogP contribution in [-0.2, 0) is 0 Å². The summed E-state index contributed by atoms with van der Waals surface area (Å²) in [5.41, 5.74) is 0. The van der Waals surface area contributed by atoms with Gasteiger partial charge >= 0.3 is 0 Å². The normalized spacial score (nSPS) is 13.0. The summed E-state index contributed by atoms with van der Waals surface area (Å²) in [5, 5.41) is 0. The van der Waals surface area contributed by atoms with Crippen molar-refractivity contribution in [1.82, 2.24) is 0 Å². The summed E-state index contributed by atoms with van der Waals surface area (Å²) in [4.78, 5) is 0. The van der Waals surface area contributed by atoms with Crippen LogP contribution < -0.4 is 0 Å². The quantitative estimate of drug-likeness (QED) is 0.535. The molecule has 0 saturated heterocycles. The Morgan fingerprint density at radius 3 is 1.73 bits per heavy atom. The summed E-state index contributed by atoms with van der Waals surface area (Å²) < 4.78 is 0. The molecular weight excluding hydrogens is 132 g/mol. The van der Waals surface area contributed by atoms with Gasteiger partial charge in [-0.05, 0) is 25.2 Å². The van der Waals surface area contributed by atoms with Crippen molar-refractivity contribution >= 4 is 0 Å². The Morgan fingerprint density at radius 2 is 1.64 bits per heavy atom. The number of rotatable bonds is 3. The van der Waals surface area contributed by atoms with E-state index in [-0.39, 0.29) is 0 Å². The Bertz CT molecular complexity index is 80.0. The molecule has 0 aromatic heterocycles. The molecule has 0 heterocycles. The zero-order valence-corrected chi connectivity index (χ0v) is 9.02. The fourth-order valence-electron chi connectivity index (χ4n) is 1.08. The van der Waals surface area contributed by atoms with E-state index in [1.807, 2.05) is 13.8 Å². The summed E-state index contributed by atoms with van der Waals surface area (Å²) in [6, 6.07) is 0. The van der Waals surface area contributed by atoms with Gasteiger partial charge in [0.2, 0.25) is 0 Å².